The maximum Gasteiger partial charge on any atom is 0.311 e. The molecule has 27 heavy (non-hydrogen) atoms. The third-order valence-electron chi connectivity index (χ3n) is 5.08. The molecule has 2 aliphatic heterocycles. The smallest absolute Gasteiger partial charge is 0.311 e. The summed E-state index contributed by atoms with van der Waals surface area (Å²) in [5.41, 5.74) is 1.82. The largest absolute Gasteiger partial charge is 0.455 e. The van der Waals surface area contributed by atoms with E-state index < -0.39 is 11.9 Å². The quantitative estimate of drug-likeness (QED) is 0.772. The van der Waals surface area contributed by atoms with Crippen LogP contribution in [0.4, 0.5) is 11.4 Å². The molecular formula is C20H27N3O4. The number of rotatable bonds is 6. The molecule has 3 rings (SSSR count). The zero-order chi connectivity index (χ0) is 19.4. The molecule has 0 spiro atoms. The lowest BCUT2D eigenvalue weighted by atomic mass is 10.1. The first-order chi connectivity index (χ1) is 12.9. The van der Waals surface area contributed by atoms with Crippen molar-refractivity contribution in [1.82, 2.24) is 4.90 Å². The van der Waals surface area contributed by atoms with E-state index in [2.05, 4.69) is 10.2 Å². The Hall–Kier alpha value is -2.57. The van der Waals surface area contributed by atoms with Gasteiger partial charge in [-0.05, 0) is 51.0 Å². The minimum Gasteiger partial charge on any atom is -0.455 e. The third kappa shape index (κ3) is 4.78. The van der Waals surface area contributed by atoms with E-state index in [4.69, 9.17) is 4.74 Å². The van der Waals surface area contributed by atoms with E-state index in [1.807, 2.05) is 38.1 Å². The number of amides is 2. The van der Waals surface area contributed by atoms with Crippen LogP contribution in [0.2, 0.25) is 0 Å². The number of nitrogens with one attached hydrogen (secondary N) is 1. The van der Waals surface area contributed by atoms with Crippen LogP contribution in [-0.2, 0) is 19.1 Å². The van der Waals surface area contributed by atoms with E-state index in [1.54, 1.807) is 4.90 Å². The van der Waals surface area contributed by atoms with Gasteiger partial charge in [0.2, 0.25) is 5.91 Å². The molecule has 0 bridgehead atoms. The number of carbonyl (C=O) groups is 3. The van der Waals surface area contributed by atoms with Gasteiger partial charge in [0.1, 0.15) is 0 Å². The van der Waals surface area contributed by atoms with Crippen LogP contribution in [0.25, 0.3) is 0 Å². The Balaban J connectivity index is 1.44. The van der Waals surface area contributed by atoms with E-state index in [1.165, 1.54) is 12.8 Å². The van der Waals surface area contributed by atoms with Crippen molar-refractivity contribution in [3.05, 3.63) is 24.3 Å². The van der Waals surface area contributed by atoms with Gasteiger partial charge in [-0.1, -0.05) is 0 Å². The summed E-state index contributed by atoms with van der Waals surface area (Å²) in [4.78, 5) is 40.0. The summed E-state index contributed by atoms with van der Waals surface area (Å²) in [7, 11) is 0. The van der Waals surface area contributed by atoms with Crippen molar-refractivity contribution in [2.45, 2.75) is 39.2 Å². The number of likely N-dealkylation sites (tertiary alicyclic amines) is 1. The van der Waals surface area contributed by atoms with Crippen LogP contribution in [0, 0.1) is 5.92 Å². The summed E-state index contributed by atoms with van der Waals surface area (Å²) in [6.45, 7) is 5.97. The predicted octanol–water partition coefficient (Wildman–Crippen LogP) is 2.03. The Morgan fingerprint density at radius 2 is 1.85 bits per heavy atom. The van der Waals surface area contributed by atoms with Gasteiger partial charge in [-0.15, -0.1) is 0 Å². The standard InChI is InChI=1S/C20H27N3O4/c1-14(2)23-12-15(11-19(23)25)20(26)27-13-18(24)21-16-5-7-17(8-6-16)22-9-3-4-10-22/h5-8,14-15H,3-4,9-13H2,1-2H3,(H,21,24). The first-order valence-corrected chi connectivity index (χ1v) is 9.55. The molecule has 1 aromatic rings. The summed E-state index contributed by atoms with van der Waals surface area (Å²) in [6.07, 6.45) is 2.58. The maximum atomic E-state index is 12.1. The molecule has 7 heteroatoms. The highest BCUT2D eigenvalue weighted by Gasteiger charge is 2.36. The number of nitrogens with zero attached hydrogens (tertiary/aromatic N) is 2. The minimum absolute atomic E-state index is 0.0468. The lowest BCUT2D eigenvalue weighted by molar-refractivity contribution is -0.151. The number of benzene rings is 1. The van der Waals surface area contributed by atoms with Crippen LogP contribution in [0.15, 0.2) is 24.3 Å². The normalized spacial score (nSPS) is 19.7. The first-order valence-electron chi connectivity index (χ1n) is 9.55. The van der Waals surface area contributed by atoms with Crippen molar-refractivity contribution in [3.63, 3.8) is 0 Å². The van der Waals surface area contributed by atoms with Crippen molar-refractivity contribution < 1.29 is 19.1 Å². The molecule has 2 aliphatic rings. The van der Waals surface area contributed by atoms with Crippen LogP contribution in [0.3, 0.4) is 0 Å². The number of hydrogen-bond donors (Lipinski definition) is 1. The summed E-state index contributed by atoms with van der Waals surface area (Å²) < 4.78 is 5.10. The van der Waals surface area contributed by atoms with Gasteiger partial charge >= 0.3 is 5.97 Å². The van der Waals surface area contributed by atoms with E-state index in [0.717, 1.165) is 18.8 Å². The number of esters is 1. The van der Waals surface area contributed by atoms with E-state index in [9.17, 15) is 14.4 Å². The zero-order valence-electron chi connectivity index (χ0n) is 15.9. The Kier molecular flexibility index (Phi) is 5.98. The summed E-state index contributed by atoms with van der Waals surface area (Å²) in [6, 6.07) is 7.73. The number of anilines is 2. The summed E-state index contributed by atoms with van der Waals surface area (Å²) >= 11 is 0. The highest BCUT2D eigenvalue weighted by atomic mass is 16.5. The minimum atomic E-state index is -0.494. The van der Waals surface area contributed by atoms with Gasteiger partial charge in [0.05, 0.1) is 5.92 Å². The lowest BCUT2D eigenvalue weighted by Gasteiger charge is -2.20. The van der Waals surface area contributed by atoms with Crippen LogP contribution >= 0.6 is 0 Å². The first kappa shape index (κ1) is 19.2. The fourth-order valence-corrected chi connectivity index (χ4v) is 3.57. The Morgan fingerprint density at radius 3 is 2.44 bits per heavy atom. The molecule has 2 heterocycles. The molecule has 1 atom stereocenters. The van der Waals surface area contributed by atoms with Gasteiger partial charge in [0.25, 0.3) is 5.91 Å². The van der Waals surface area contributed by atoms with Gasteiger partial charge in [-0.25, -0.2) is 0 Å². The number of ether oxygens (including phenoxy) is 1. The lowest BCUT2D eigenvalue weighted by Crippen LogP contribution is -2.33. The number of carbonyl (C=O) groups excluding carboxylic acids is 3. The second kappa shape index (κ2) is 8.41. The Bertz CT molecular complexity index is 696. The summed E-state index contributed by atoms with van der Waals surface area (Å²) in [5.74, 6) is -1.42. The SMILES string of the molecule is CC(C)N1CC(C(=O)OCC(=O)Nc2ccc(N3CCCC3)cc2)CC1=O. The summed E-state index contributed by atoms with van der Waals surface area (Å²) in [5, 5.41) is 2.73. The molecule has 146 valence electrons. The maximum absolute atomic E-state index is 12.1. The highest BCUT2D eigenvalue weighted by molar-refractivity contribution is 5.93. The zero-order valence-corrected chi connectivity index (χ0v) is 15.9. The van der Waals surface area contributed by atoms with Gasteiger partial charge in [-0.2, -0.15) is 0 Å². The second-order valence-corrected chi connectivity index (χ2v) is 7.44. The van der Waals surface area contributed by atoms with Gasteiger partial charge in [-0.3, -0.25) is 14.4 Å². The molecule has 1 unspecified atom stereocenters. The Morgan fingerprint density at radius 1 is 1.19 bits per heavy atom. The molecule has 2 fully saturated rings. The molecule has 0 saturated carbocycles. The number of hydrogen-bond acceptors (Lipinski definition) is 5. The van der Waals surface area contributed by atoms with Crippen molar-refractivity contribution in [3.8, 4) is 0 Å². The van der Waals surface area contributed by atoms with Gasteiger partial charge in [0.15, 0.2) is 6.61 Å². The molecule has 7 nitrogen and oxygen atoms in total. The van der Waals surface area contributed by atoms with Crippen LogP contribution < -0.4 is 10.2 Å². The van der Waals surface area contributed by atoms with E-state index in [-0.39, 0.29) is 30.9 Å². The molecular weight excluding hydrogens is 346 g/mol. The monoisotopic (exact) mass is 373 g/mol. The topological polar surface area (TPSA) is 79.0 Å². The van der Waals surface area contributed by atoms with Crippen molar-refractivity contribution in [2.24, 2.45) is 5.92 Å². The van der Waals surface area contributed by atoms with Crippen LogP contribution in [0.1, 0.15) is 33.1 Å². The second-order valence-electron chi connectivity index (χ2n) is 7.44. The van der Waals surface area contributed by atoms with Crippen LogP contribution in [-0.4, -0.2) is 55.0 Å². The molecule has 0 aliphatic carbocycles. The van der Waals surface area contributed by atoms with Gasteiger partial charge in [0, 0.05) is 43.5 Å². The average Bonchev–Trinajstić information content (AvgIpc) is 3.30. The van der Waals surface area contributed by atoms with Crippen molar-refractivity contribution in [2.75, 3.05) is 36.5 Å². The van der Waals surface area contributed by atoms with Crippen molar-refractivity contribution in [1.29, 1.82) is 0 Å². The van der Waals surface area contributed by atoms with Crippen LogP contribution in [0.5, 0.6) is 0 Å². The molecule has 2 amide bonds. The van der Waals surface area contributed by atoms with E-state index >= 15 is 0 Å². The molecule has 1 N–H and O–H groups in total. The molecule has 0 radical (unpaired) electrons. The van der Waals surface area contributed by atoms with E-state index in [0.29, 0.717) is 12.2 Å². The molecule has 2 saturated heterocycles. The fourth-order valence-electron chi connectivity index (χ4n) is 3.57. The fraction of sp³-hybridized carbons (Fsp3) is 0.550. The predicted molar refractivity (Wildman–Crippen MR) is 102 cm³/mol. The third-order valence-corrected chi connectivity index (χ3v) is 5.08. The Labute approximate surface area is 159 Å². The van der Waals surface area contributed by atoms with Gasteiger partial charge < -0.3 is 19.9 Å². The molecule has 1 aromatic carbocycles. The highest BCUT2D eigenvalue weighted by Crippen LogP contribution is 2.23. The average molecular weight is 373 g/mol. The molecule has 0 aromatic heterocycles. The van der Waals surface area contributed by atoms with Crippen molar-refractivity contribution >= 4 is 29.2 Å².